The Balaban J connectivity index is 1.29. The van der Waals surface area contributed by atoms with E-state index in [-0.39, 0.29) is 11.5 Å². The lowest BCUT2D eigenvalue weighted by atomic mass is 10.2. The number of aryl methyl sites for hydroxylation is 2. The highest BCUT2D eigenvalue weighted by Crippen LogP contribution is 2.18. The Kier molecular flexibility index (Phi) is 7.73. The Bertz CT molecular complexity index is 1450. The van der Waals surface area contributed by atoms with Crippen LogP contribution in [0.2, 0.25) is 0 Å². The molecule has 1 aromatic heterocycles. The molecule has 1 heterocycles. The van der Waals surface area contributed by atoms with Gasteiger partial charge in [0.25, 0.3) is 11.8 Å². The Labute approximate surface area is 213 Å². The highest BCUT2D eigenvalue weighted by atomic mass is 16.5. The van der Waals surface area contributed by atoms with Crippen molar-refractivity contribution in [1.29, 1.82) is 0 Å². The molecule has 0 saturated carbocycles. The third-order valence-corrected chi connectivity index (χ3v) is 5.50. The van der Waals surface area contributed by atoms with Gasteiger partial charge >= 0.3 is 5.97 Å². The van der Waals surface area contributed by atoms with Crippen LogP contribution in [-0.2, 0) is 9.53 Å². The predicted molar refractivity (Wildman–Crippen MR) is 140 cm³/mol. The van der Waals surface area contributed by atoms with E-state index in [9.17, 15) is 14.4 Å². The first-order valence-electron chi connectivity index (χ1n) is 11.7. The van der Waals surface area contributed by atoms with Crippen LogP contribution in [-0.4, -0.2) is 41.0 Å². The minimum atomic E-state index is -0.640. The molecule has 9 nitrogen and oxygen atoms in total. The van der Waals surface area contributed by atoms with Gasteiger partial charge in [0.05, 0.1) is 34.6 Å². The smallest absolute Gasteiger partial charge is 0.338 e. The van der Waals surface area contributed by atoms with Gasteiger partial charge in [-0.05, 0) is 87.5 Å². The van der Waals surface area contributed by atoms with Crippen LogP contribution in [0.4, 0.5) is 11.4 Å². The van der Waals surface area contributed by atoms with Gasteiger partial charge in [-0.25, -0.2) is 14.8 Å². The molecule has 2 amide bonds. The number of hydrogen-bond donors (Lipinski definition) is 2. The third kappa shape index (κ3) is 6.46. The van der Waals surface area contributed by atoms with Gasteiger partial charge in [0.2, 0.25) is 0 Å². The molecular weight excluding hydrogens is 472 g/mol. The Morgan fingerprint density at radius 3 is 2.03 bits per heavy atom. The number of hydrogen-bond acceptors (Lipinski definition) is 7. The standard InChI is InChI=1S/C28H26N4O5/c1-4-36-23-12-10-22(11-13-23)32-27(34)19-5-8-21(9-6-19)31-26(33)16-37-28(35)20-7-14-24-25(15-20)30-18(3)17(2)29-24/h5-15H,4,16H2,1-3H3,(H,31,33)(H,32,34). The summed E-state index contributed by atoms with van der Waals surface area (Å²) in [5, 5.41) is 5.45. The second-order valence-electron chi connectivity index (χ2n) is 8.21. The summed E-state index contributed by atoms with van der Waals surface area (Å²) in [6.45, 7) is 5.72. The number of esters is 1. The van der Waals surface area contributed by atoms with Crippen molar-refractivity contribution in [3.05, 3.63) is 89.2 Å². The molecule has 3 aromatic carbocycles. The normalized spacial score (nSPS) is 10.6. The van der Waals surface area contributed by atoms with E-state index in [4.69, 9.17) is 9.47 Å². The van der Waals surface area contributed by atoms with Crippen molar-refractivity contribution in [2.24, 2.45) is 0 Å². The number of nitrogens with one attached hydrogen (secondary N) is 2. The van der Waals surface area contributed by atoms with Crippen molar-refractivity contribution in [3.63, 3.8) is 0 Å². The van der Waals surface area contributed by atoms with Gasteiger partial charge in [-0.3, -0.25) is 9.59 Å². The largest absolute Gasteiger partial charge is 0.494 e. The second kappa shape index (κ2) is 11.3. The van der Waals surface area contributed by atoms with Crippen molar-refractivity contribution in [2.45, 2.75) is 20.8 Å². The molecule has 0 atom stereocenters. The van der Waals surface area contributed by atoms with E-state index < -0.39 is 18.5 Å². The monoisotopic (exact) mass is 498 g/mol. The fourth-order valence-corrected chi connectivity index (χ4v) is 3.48. The average molecular weight is 499 g/mol. The van der Waals surface area contributed by atoms with Gasteiger partial charge < -0.3 is 20.1 Å². The molecule has 0 fully saturated rings. The number of benzene rings is 3. The number of nitrogens with zero attached hydrogens (tertiary/aromatic N) is 2. The van der Waals surface area contributed by atoms with Crippen LogP contribution in [0.5, 0.6) is 5.75 Å². The molecule has 0 aliphatic heterocycles. The first-order chi connectivity index (χ1) is 17.8. The van der Waals surface area contributed by atoms with Gasteiger partial charge in [0.15, 0.2) is 6.61 Å². The molecule has 37 heavy (non-hydrogen) atoms. The van der Waals surface area contributed by atoms with Crippen molar-refractivity contribution in [2.75, 3.05) is 23.8 Å². The number of anilines is 2. The Morgan fingerprint density at radius 1 is 0.757 bits per heavy atom. The summed E-state index contributed by atoms with van der Waals surface area (Å²) in [6.07, 6.45) is 0. The fourth-order valence-electron chi connectivity index (χ4n) is 3.48. The summed E-state index contributed by atoms with van der Waals surface area (Å²) >= 11 is 0. The third-order valence-electron chi connectivity index (χ3n) is 5.50. The number of carbonyl (C=O) groups excluding carboxylic acids is 3. The van der Waals surface area contributed by atoms with Crippen molar-refractivity contribution in [1.82, 2.24) is 9.97 Å². The van der Waals surface area contributed by atoms with E-state index >= 15 is 0 Å². The molecule has 0 spiro atoms. The van der Waals surface area contributed by atoms with Gasteiger partial charge in [-0.15, -0.1) is 0 Å². The first-order valence-corrected chi connectivity index (χ1v) is 11.7. The molecule has 0 saturated heterocycles. The molecule has 0 radical (unpaired) electrons. The van der Waals surface area contributed by atoms with Gasteiger partial charge in [0, 0.05) is 16.9 Å². The highest BCUT2D eigenvalue weighted by Gasteiger charge is 2.13. The Hall–Kier alpha value is -4.79. The maximum atomic E-state index is 12.5. The lowest BCUT2D eigenvalue weighted by Gasteiger charge is -2.09. The SMILES string of the molecule is CCOc1ccc(NC(=O)c2ccc(NC(=O)COC(=O)c3ccc4nc(C)c(C)nc4c3)cc2)cc1. The topological polar surface area (TPSA) is 120 Å². The Morgan fingerprint density at radius 2 is 1.35 bits per heavy atom. The number of ether oxygens (including phenoxy) is 2. The van der Waals surface area contributed by atoms with Crippen LogP contribution in [0.15, 0.2) is 66.7 Å². The van der Waals surface area contributed by atoms with E-state index in [1.165, 1.54) is 0 Å². The molecule has 0 aliphatic carbocycles. The molecule has 2 N–H and O–H groups in total. The molecule has 9 heteroatoms. The lowest BCUT2D eigenvalue weighted by Crippen LogP contribution is -2.21. The van der Waals surface area contributed by atoms with Crippen LogP contribution in [0.1, 0.15) is 39.0 Å². The van der Waals surface area contributed by atoms with Crippen molar-refractivity contribution < 1.29 is 23.9 Å². The summed E-state index contributed by atoms with van der Waals surface area (Å²) in [5.74, 6) is -0.713. The quantitative estimate of drug-likeness (QED) is 0.338. The molecule has 4 rings (SSSR count). The molecule has 0 bridgehead atoms. The van der Waals surface area contributed by atoms with E-state index in [1.54, 1.807) is 66.7 Å². The van der Waals surface area contributed by atoms with E-state index in [1.807, 2.05) is 20.8 Å². The summed E-state index contributed by atoms with van der Waals surface area (Å²) in [7, 11) is 0. The van der Waals surface area contributed by atoms with Gasteiger partial charge in [-0.2, -0.15) is 0 Å². The zero-order valence-corrected chi connectivity index (χ0v) is 20.7. The minimum Gasteiger partial charge on any atom is -0.494 e. The molecule has 0 unspecified atom stereocenters. The van der Waals surface area contributed by atoms with Gasteiger partial charge in [0.1, 0.15) is 5.75 Å². The molecule has 0 aliphatic rings. The summed E-state index contributed by atoms with van der Waals surface area (Å²) in [4.78, 5) is 46.1. The van der Waals surface area contributed by atoms with Crippen LogP contribution in [0.25, 0.3) is 11.0 Å². The van der Waals surface area contributed by atoms with Gasteiger partial charge in [-0.1, -0.05) is 0 Å². The van der Waals surface area contributed by atoms with Crippen molar-refractivity contribution >= 4 is 40.2 Å². The number of aromatic nitrogens is 2. The summed E-state index contributed by atoms with van der Waals surface area (Å²) < 4.78 is 10.5. The van der Waals surface area contributed by atoms with E-state index in [0.29, 0.717) is 34.6 Å². The maximum Gasteiger partial charge on any atom is 0.338 e. The molecule has 4 aromatic rings. The highest BCUT2D eigenvalue weighted by molar-refractivity contribution is 6.04. The predicted octanol–water partition coefficient (Wildman–Crippen LogP) is 4.69. The number of fused-ring (bicyclic) bond motifs is 1. The first kappa shape index (κ1) is 25.3. The van der Waals surface area contributed by atoms with Crippen LogP contribution < -0.4 is 15.4 Å². The van der Waals surface area contributed by atoms with Crippen molar-refractivity contribution in [3.8, 4) is 5.75 Å². The second-order valence-corrected chi connectivity index (χ2v) is 8.21. The minimum absolute atomic E-state index is 0.278. The number of carbonyl (C=O) groups is 3. The maximum absolute atomic E-state index is 12.5. The lowest BCUT2D eigenvalue weighted by molar-refractivity contribution is -0.119. The fraction of sp³-hybridized carbons (Fsp3) is 0.179. The molecule has 188 valence electrons. The van der Waals surface area contributed by atoms with E-state index in [0.717, 1.165) is 17.1 Å². The van der Waals surface area contributed by atoms with Crippen LogP contribution >= 0.6 is 0 Å². The average Bonchev–Trinajstić information content (AvgIpc) is 2.89. The summed E-state index contributed by atoms with van der Waals surface area (Å²) in [5.41, 5.74) is 4.64. The number of rotatable bonds is 8. The van der Waals surface area contributed by atoms with Crippen LogP contribution in [0, 0.1) is 13.8 Å². The zero-order chi connectivity index (χ0) is 26.4. The van der Waals surface area contributed by atoms with E-state index in [2.05, 4.69) is 20.6 Å². The zero-order valence-electron chi connectivity index (χ0n) is 20.7. The van der Waals surface area contributed by atoms with Crippen LogP contribution in [0.3, 0.4) is 0 Å². The molecular formula is C28H26N4O5. The number of amides is 2. The summed E-state index contributed by atoms with van der Waals surface area (Å²) in [6, 6.07) is 18.3.